The van der Waals surface area contributed by atoms with Crippen LogP contribution in [0.3, 0.4) is 0 Å². The minimum atomic E-state index is 0. The van der Waals surface area contributed by atoms with Crippen LogP contribution in [0.4, 0.5) is 0 Å². The van der Waals surface area contributed by atoms with Gasteiger partial charge < -0.3 is 15.5 Å². The molecule has 2 saturated heterocycles. The average Bonchev–Trinajstić information content (AvgIpc) is 3.61. The van der Waals surface area contributed by atoms with Crippen LogP contribution in [-0.2, 0) is 6.54 Å². The van der Waals surface area contributed by atoms with E-state index in [0.717, 1.165) is 49.7 Å². The molecule has 1 aliphatic carbocycles. The lowest BCUT2D eigenvalue weighted by Gasteiger charge is -2.33. The van der Waals surface area contributed by atoms with Crippen molar-refractivity contribution in [3.63, 3.8) is 0 Å². The molecule has 174 valence electrons. The van der Waals surface area contributed by atoms with E-state index >= 15 is 0 Å². The Labute approximate surface area is 210 Å². The molecule has 3 aliphatic rings. The molecule has 0 bridgehead atoms. The molecule has 0 amide bonds. The Morgan fingerprint density at radius 2 is 1.74 bits per heavy atom. The number of halogens is 2. The van der Waals surface area contributed by atoms with E-state index in [0.29, 0.717) is 12.0 Å². The summed E-state index contributed by atoms with van der Waals surface area (Å²) in [5, 5.41) is 8.06. The highest BCUT2D eigenvalue weighted by Gasteiger charge is 2.32. The number of piperidine rings is 2. The molecule has 7 heteroatoms. The Morgan fingerprint density at radius 1 is 1.03 bits per heavy atom. The van der Waals surface area contributed by atoms with E-state index in [-0.39, 0.29) is 24.0 Å². The molecule has 0 spiro atoms. The minimum Gasteiger partial charge on any atom is -0.357 e. The zero-order valence-electron chi connectivity index (χ0n) is 18.9. The molecule has 1 aromatic carbocycles. The van der Waals surface area contributed by atoms with Gasteiger partial charge in [-0.15, -0.1) is 24.0 Å². The van der Waals surface area contributed by atoms with E-state index in [9.17, 15) is 0 Å². The van der Waals surface area contributed by atoms with Crippen LogP contribution in [0.5, 0.6) is 0 Å². The zero-order chi connectivity index (χ0) is 20.8. The second kappa shape index (κ2) is 12.6. The monoisotopic (exact) mass is 559 g/mol. The fourth-order valence-electron chi connectivity index (χ4n) is 4.78. The van der Waals surface area contributed by atoms with E-state index in [1.54, 1.807) is 0 Å². The van der Waals surface area contributed by atoms with Crippen LogP contribution in [0.25, 0.3) is 0 Å². The highest BCUT2D eigenvalue weighted by atomic mass is 127. The molecule has 2 N–H and O–H groups in total. The quantitative estimate of drug-likeness (QED) is 0.296. The van der Waals surface area contributed by atoms with Crippen molar-refractivity contribution < 1.29 is 0 Å². The summed E-state index contributed by atoms with van der Waals surface area (Å²) in [5.74, 6) is 1.69. The Balaban J connectivity index is 0.00000272. The summed E-state index contributed by atoms with van der Waals surface area (Å²) >= 11 is 6.33. The van der Waals surface area contributed by atoms with Gasteiger partial charge >= 0.3 is 0 Å². The van der Waals surface area contributed by atoms with Crippen LogP contribution >= 0.6 is 35.6 Å². The Morgan fingerprint density at radius 3 is 2.39 bits per heavy atom. The fraction of sp³-hybridized carbons (Fsp3) is 0.708. The SMILES string of the molecule is CCNC(=NCC1CCN(Cc2ccccc2Cl)CC1)NC1CCN(C2CC2)CC1.I. The van der Waals surface area contributed by atoms with Gasteiger partial charge in [-0.05, 0) is 76.1 Å². The predicted octanol–water partition coefficient (Wildman–Crippen LogP) is 4.35. The highest BCUT2D eigenvalue weighted by Crippen LogP contribution is 2.29. The number of rotatable bonds is 7. The third-order valence-electron chi connectivity index (χ3n) is 6.84. The first-order chi connectivity index (χ1) is 14.7. The van der Waals surface area contributed by atoms with Crippen molar-refractivity contribution in [3.05, 3.63) is 34.9 Å². The van der Waals surface area contributed by atoms with Gasteiger partial charge in [-0.1, -0.05) is 29.8 Å². The number of hydrogen-bond acceptors (Lipinski definition) is 3. The van der Waals surface area contributed by atoms with Crippen molar-refractivity contribution in [2.24, 2.45) is 10.9 Å². The van der Waals surface area contributed by atoms with Crippen molar-refractivity contribution >= 4 is 41.5 Å². The van der Waals surface area contributed by atoms with E-state index in [4.69, 9.17) is 16.6 Å². The Bertz CT molecular complexity index is 695. The van der Waals surface area contributed by atoms with Gasteiger partial charge in [0.05, 0.1) is 0 Å². The molecule has 4 rings (SSSR count). The molecule has 0 atom stereocenters. The maximum Gasteiger partial charge on any atom is 0.191 e. The van der Waals surface area contributed by atoms with Crippen LogP contribution in [0.1, 0.15) is 51.0 Å². The number of guanidine groups is 1. The summed E-state index contributed by atoms with van der Waals surface area (Å²) in [7, 11) is 0. The number of likely N-dealkylation sites (tertiary alicyclic amines) is 2. The van der Waals surface area contributed by atoms with Gasteiger partial charge in [0.15, 0.2) is 5.96 Å². The first kappa shape index (κ1) is 25.1. The van der Waals surface area contributed by atoms with E-state index < -0.39 is 0 Å². The summed E-state index contributed by atoms with van der Waals surface area (Å²) in [4.78, 5) is 10.2. The van der Waals surface area contributed by atoms with Crippen LogP contribution in [0, 0.1) is 5.92 Å². The first-order valence-electron chi connectivity index (χ1n) is 12.0. The third kappa shape index (κ3) is 7.76. The van der Waals surface area contributed by atoms with Gasteiger partial charge in [0.25, 0.3) is 0 Å². The van der Waals surface area contributed by atoms with Gasteiger partial charge in [0.2, 0.25) is 0 Å². The summed E-state index contributed by atoms with van der Waals surface area (Å²) < 4.78 is 0. The molecule has 31 heavy (non-hydrogen) atoms. The van der Waals surface area contributed by atoms with E-state index in [1.165, 1.54) is 57.2 Å². The minimum absolute atomic E-state index is 0. The Kier molecular flexibility index (Phi) is 10.2. The third-order valence-corrected chi connectivity index (χ3v) is 7.21. The zero-order valence-corrected chi connectivity index (χ0v) is 21.9. The smallest absolute Gasteiger partial charge is 0.191 e. The molecule has 1 saturated carbocycles. The lowest BCUT2D eigenvalue weighted by Crippen LogP contribution is -2.49. The molecule has 3 fully saturated rings. The molecule has 5 nitrogen and oxygen atoms in total. The van der Waals surface area contributed by atoms with Crippen LogP contribution in [-0.4, -0.2) is 67.1 Å². The normalized spacial score (nSPS) is 22.2. The van der Waals surface area contributed by atoms with Crippen LogP contribution in [0.2, 0.25) is 5.02 Å². The van der Waals surface area contributed by atoms with Crippen molar-refractivity contribution in [1.82, 2.24) is 20.4 Å². The number of benzene rings is 1. The fourth-order valence-corrected chi connectivity index (χ4v) is 4.97. The van der Waals surface area contributed by atoms with Gasteiger partial charge in [0.1, 0.15) is 0 Å². The number of nitrogens with zero attached hydrogens (tertiary/aromatic N) is 3. The molecule has 0 radical (unpaired) electrons. The van der Waals surface area contributed by atoms with Crippen LogP contribution in [0.15, 0.2) is 29.3 Å². The number of hydrogen-bond donors (Lipinski definition) is 2. The second-order valence-electron chi connectivity index (χ2n) is 9.22. The van der Waals surface area contributed by atoms with Crippen molar-refractivity contribution in [2.75, 3.05) is 39.3 Å². The summed E-state index contributed by atoms with van der Waals surface area (Å²) in [5.41, 5.74) is 1.24. The molecule has 1 aromatic rings. The van der Waals surface area contributed by atoms with Crippen molar-refractivity contribution in [3.8, 4) is 0 Å². The van der Waals surface area contributed by atoms with Gasteiger partial charge in [-0.25, -0.2) is 0 Å². The first-order valence-corrected chi connectivity index (χ1v) is 12.3. The van der Waals surface area contributed by atoms with Crippen LogP contribution < -0.4 is 10.6 Å². The molecule has 2 aliphatic heterocycles. The van der Waals surface area contributed by atoms with Gasteiger partial charge in [-0.2, -0.15) is 0 Å². The maximum atomic E-state index is 6.33. The molecular formula is C24H39ClIN5. The Hall–Kier alpha value is -0.570. The molecule has 0 unspecified atom stereocenters. The van der Waals surface area contributed by atoms with Gasteiger partial charge in [0, 0.05) is 49.8 Å². The standard InChI is InChI=1S/C24H38ClN5.HI/c1-2-26-24(28-21-11-15-30(16-12-21)22-7-8-22)27-17-19-9-13-29(14-10-19)18-20-5-3-4-6-23(20)25;/h3-6,19,21-22H,2,7-18H2,1H3,(H2,26,27,28);1H. The lowest BCUT2D eigenvalue weighted by molar-refractivity contribution is 0.180. The van der Waals surface area contributed by atoms with Crippen molar-refractivity contribution in [1.29, 1.82) is 0 Å². The maximum absolute atomic E-state index is 6.33. The largest absolute Gasteiger partial charge is 0.357 e. The summed E-state index contributed by atoms with van der Waals surface area (Å²) in [6, 6.07) is 9.67. The summed E-state index contributed by atoms with van der Waals surface area (Å²) in [6.07, 6.45) is 7.74. The average molecular weight is 560 g/mol. The van der Waals surface area contributed by atoms with E-state index in [1.807, 2.05) is 12.1 Å². The van der Waals surface area contributed by atoms with E-state index in [2.05, 4.69) is 39.5 Å². The van der Waals surface area contributed by atoms with Gasteiger partial charge in [-0.3, -0.25) is 9.89 Å². The lowest BCUT2D eigenvalue weighted by atomic mass is 9.96. The molecular weight excluding hydrogens is 521 g/mol. The number of aliphatic imine (C=N–C) groups is 1. The molecule has 2 heterocycles. The number of nitrogens with one attached hydrogen (secondary N) is 2. The molecule has 0 aromatic heterocycles. The second-order valence-corrected chi connectivity index (χ2v) is 9.62. The van der Waals surface area contributed by atoms with Crippen molar-refractivity contribution in [2.45, 2.75) is 64.1 Å². The predicted molar refractivity (Wildman–Crippen MR) is 142 cm³/mol. The topological polar surface area (TPSA) is 42.9 Å². The summed E-state index contributed by atoms with van der Waals surface area (Å²) in [6.45, 7) is 9.71. The highest BCUT2D eigenvalue weighted by molar-refractivity contribution is 14.0.